The second-order valence-corrected chi connectivity index (χ2v) is 10.9. The van der Waals surface area contributed by atoms with Gasteiger partial charge in [-0.25, -0.2) is 0 Å². The standard InChI is InChI=1S/C21H26O2Si/c1-4-23-21(22)17-20(16-15-18-11-7-5-8-12-18)24(2,3)19-13-9-6-10-14-19/h5-14,16H,4,15,17H2,1-3H3/b20-16+. The minimum absolute atomic E-state index is 0.131. The molecule has 2 aromatic rings. The van der Waals surface area contributed by atoms with Crippen molar-refractivity contribution in [2.24, 2.45) is 0 Å². The second kappa shape index (κ2) is 8.64. The molecule has 24 heavy (non-hydrogen) atoms. The molecule has 0 saturated carbocycles. The Morgan fingerprint density at radius 1 is 1.00 bits per heavy atom. The van der Waals surface area contributed by atoms with E-state index in [0.29, 0.717) is 13.0 Å². The van der Waals surface area contributed by atoms with Crippen LogP contribution in [-0.2, 0) is 16.0 Å². The molecule has 2 nitrogen and oxygen atoms in total. The average molecular weight is 339 g/mol. The Bertz CT molecular complexity index is 675. The number of ether oxygens (including phenoxy) is 1. The van der Waals surface area contributed by atoms with Crippen LogP contribution in [0.25, 0.3) is 0 Å². The van der Waals surface area contributed by atoms with E-state index in [4.69, 9.17) is 4.74 Å². The average Bonchev–Trinajstić information content (AvgIpc) is 2.60. The van der Waals surface area contributed by atoms with Crippen LogP contribution in [0.5, 0.6) is 0 Å². The summed E-state index contributed by atoms with van der Waals surface area (Å²) in [6, 6.07) is 20.9. The highest BCUT2D eigenvalue weighted by Crippen LogP contribution is 2.20. The van der Waals surface area contributed by atoms with Gasteiger partial charge in [-0.05, 0) is 18.9 Å². The van der Waals surface area contributed by atoms with Gasteiger partial charge in [-0.1, -0.05) is 90.2 Å². The summed E-state index contributed by atoms with van der Waals surface area (Å²) in [7, 11) is -1.89. The van der Waals surface area contributed by atoms with E-state index >= 15 is 0 Å². The topological polar surface area (TPSA) is 26.3 Å². The molecule has 0 radical (unpaired) electrons. The van der Waals surface area contributed by atoms with Crippen LogP contribution < -0.4 is 5.19 Å². The van der Waals surface area contributed by atoms with E-state index in [2.05, 4.69) is 55.6 Å². The van der Waals surface area contributed by atoms with Crippen molar-refractivity contribution in [3.8, 4) is 0 Å². The number of carbonyl (C=O) groups is 1. The summed E-state index contributed by atoms with van der Waals surface area (Å²) in [6.45, 7) is 6.89. The summed E-state index contributed by atoms with van der Waals surface area (Å²) < 4.78 is 5.20. The summed E-state index contributed by atoms with van der Waals surface area (Å²) in [5.74, 6) is -0.131. The maximum atomic E-state index is 12.1. The lowest BCUT2D eigenvalue weighted by Crippen LogP contribution is -2.44. The fraction of sp³-hybridized carbons (Fsp3) is 0.286. The van der Waals surface area contributed by atoms with Crippen LogP contribution in [0.4, 0.5) is 0 Å². The van der Waals surface area contributed by atoms with Crippen LogP contribution in [0.1, 0.15) is 18.9 Å². The molecule has 0 aliphatic rings. The number of allylic oxidation sites excluding steroid dienone is 1. The van der Waals surface area contributed by atoms with Gasteiger partial charge in [0.2, 0.25) is 0 Å². The normalized spacial score (nSPS) is 12.0. The molecular formula is C21H26O2Si. The Morgan fingerprint density at radius 2 is 1.58 bits per heavy atom. The molecule has 126 valence electrons. The van der Waals surface area contributed by atoms with E-state index in [1.165, 1.54) is 15.9 Å². The van der Waals surface area contributed by atoms with Crippen molar-refractivity contribution in [1.82, 2.24) is 0 Å². The largest absolute Gasteiger partial charge is 0.466 e. The lowest BCUT2D eigenvalue weighted by Gasteiger charge is -2.26. The van der Waals surface area contributed by atoms with Gasteiger partial charge in [0.1, 0.15) is 8.07 Å². The molecule has 0 aliphatic heterocycles. The van der Waals surface area contributed by atoms with Gasteiger partial charge in [0.15, 0.2) is 0 Å². The van der Waals surface area contributed by atoms with Gasteiger partial charge in [-0.3, -0.25) is 4.79 Å². The highest BCUT2D eigenvalue weighted by atomic mass is 28.3. The third-order valence-corrected chi connectivity index (χ3v) is 8.13. The number of esters is 1. The zero-order valence-corrected chi connectivity index (χ0v) is 15.8. The van der Waals surface area contributed by atoms with Gasteiger partial charge in [-0.2, -0.15) is 0 Å². The number of hydrogen-bond acceptors (Lipinski definition) is 2. The van der Waals surface area contributed by atoms with Gasteiger partial charge in [-0.15, -0.1) is 0 Å². The molecule has 0 spiro atoms. The molecule has 0 aliphatic carbocycles. The molecule has 3 heteroatoms. The molecule has 0 heterocycles. The first-order valence-corrected chi connectivity index (χ1v) is 11.5. The van der Waals surface area contributed by atoms with Gasteiger partial charge < -0.3 is 4.74 Å². The first-order chi connectivity index (χ1) is 11.5. The van der Waals surface area contributed by atoms with E-state index in [-0.39, 0.29) is 5.97 Å². The lowest BCUT2D eigenvalue weighted by atomic mass is 10.1. The van der Waals surface area contributed by atoms with Crippen molar-refractivity contribution in [1.29, 1.82) is 0 Å². The van der Waals surface area contributed by atoms with Crippen LogP contribution in [0.15, 0.2) is 71.9 Å². The highest BCUT2D eigenvalue weighted by Gasteiger charge is 2.29. The molecule has 0 atom stereocenters. The Kier molecular flexibility index (Phi) is 6.56. The molecule has 2 aromatic carbocycles. The van der Waals surface area contributed by atoms with Crippen molar-refractivity contribution in [3.63, 3.8) is 0 Å². The monoisotopic (exact) mass is 338 g/mol. The first-order valence-electron chi connectivity index (χ1n) is 8.48. The Morgan fingerprint density at radius 3 is 2.17 bits per heavy atom. The maximum absolute atomic E-state index is 12.1. The smallest absolute Gasteiger partial charge is 0.309 e. The van der Waals surface area contributed by atoms with Crippen molar-refractivity contribution in [2.75, 3.05) is 6.61 Å². The summed E-state index contributed by atoms with van der Waals surface area (Å²) in [5.41, 5.74) is 1.26. The molecule has 0 saturated heterocycles. The van der Waals surface area contributed by atoms with Crippen molar-refractivity contribution >= 4 is 19.2 Å². The van der Waals surface area contributed by atoms with Gasteiger partial charge in [0, 0.05) is 0 Å². The van der Waals surface area contributed by atoms with Crippen molar-refractivity contribution < 1.29 is 9.53 Å². The van der Waals surface area contributed by atoms with Gasteiger partial charge in [0.05, 0.1) is 13.0 Å². The second-order valence-electron chi connectivity index (χ2n) is 6.39. The zero-order valence-electron chi connectivity index (χ0n) is 14.8. The molecule has 0 aromatic heterocycles. The highest BCUT2D eigenvalue weighted by molar-refractivity contribution is 6.95. The van der Waals surface area contributed by atoms with E-state index < -0.39 is 8.07 Å². The molecule has 2 rings (SSSR count). The summed E-state index contributed by atoms with van der Waals surface area (Å²) in [6.07, 6.45) is 3.47. The molecule has 0 fully saturated rings. The maximum Gasteiger partial charge on any atom is 0.309 e. The van der Waals surface area contributed by atoms with E-state index in [1.54, 1.807) is 0 Å². The number of carbonyl (C=O) groups excluding carboxylic acids is 1. The third kappa shape index (κ3) is 4.93. The number of rotatable bonds is 7. The van der Waals surface area contributed by atoms with E-state index in [9.17, 15) is 4.79 Å². The Labute approximate surface area is 146 Å². The van der Waals surface area contributed by atoms with E-state index in [1.807, 2.05) is 31.2 Å². The fourth-order valence-electron chi connectivity index (χ4n) is 2.81. The zero-order chi connectivity index (χ0) is 17.4. The summed E-state index contributed by atoms with van der Waals surface area (Å²) in [4.78, 5) is 12.1. The van der Waals surface area contributed by atoms with Crippen LogP contribution >= 0.6 is 0 Å². The predicted octanol–water partition coefficient (Wildman–Crippen LogP) is 4.26. The van der Waals surface area contributed by atoms with E-state index in [0.717, 1.165) is 6.42 Å². The molecular weight excluding hydrogens is 312 g/mol. The molecule has 0 amide bonds. The molecule has 0 bridgehead atoms. The minimum Gasteiger partial charge on any atom is -0.466 e. The van der Waals surface area contributed by atoms with Crippen molar-refractivity contribution in [2.45, 2.75) is 32.9 Å². The third-order valence-electron chi connectivity index (χ3n) is 4.37. The first kappa shape index (κ1) is 18.2. The van der Waals surface area contributed by atoms with Crippen LogP contribution in [0, 0.1) is 0 Å². The summed E-state index contributed by atoms with van der Waals surface area (Å²) in [5, 5.41) is 2.57. The molecule has 0 unspecified atom stereocenters. The van der Waals surface area contributed by atoms with Gasteiger partial charge in [0.25, 0.3) is 0 Å². The Balaban J connectivity index is 2.29. The number of benzene rings is 2. The SMILES string of the molecule is CCOC(=O)C/C(=C\Cc1ccccc1)[Si](C)(C)c1ccccc1. The minimum atomic E-state index is -1.89. The van der Waals surface area contributed by atoms with Crippen molar-refractivity contribution in [3.05, 3.63) is 77.5 Å². The van der Waals surface area contributed by atoms with Crippen LogP contribution in [0.3, 0.4) is 0 Å². The van der Waals surface area contributed by atoms with Crippen LogP contribution in [-0.4, -0.2) is 20.7 Å². The van der Waals surface area contributed by atoms with Crippen LogP contribution in [0.2, 0.25) is 13.1 Å². The lowest BCUT2D eigenvalue weighted by molar-refractivity contribution is -0.142. The predicted molar refractivity (Wildman–Crippen MR) is 103 cm³/mol. The summed E-state index contributed by atoms with van der Waals surface area (Å²) >= 11 is 0. The Hall–Kier alpha value is -2.13. The number of hydrogen-bond donors (Lipinski definition) is 0. The fourth-order valence-corrected chi connectivity index (χ4v) is 5.41. The molecule has 0 N–H and O–H groups in total. The quantitative estimate of drug-likeness (QED) is 0.557. The van der Waals surface area contributed by atoms with Gasteiger partial charge >= 0.3 is 5.97 Å².